The number of sulfonamides is 1. The second-order valence-electron chi connectivity index (χ2n) is 6.89. The van der Waals surface area contributed by atoms with E-state index in [9.17, 15) is 17.6 Å². The summed E-state index contributed by atoms with van der Waals surface area (Å²) >= 11 is 0. The first-order valence-corrected chi connectivity index (χ1v) is 11.0. The Labute approximate surface area is 176 Å². The molecule has 7 heteroatoms. The van der Waals surface area contributed by atoms with Crippen molar-refractivity contribution in [3.63, 3.8) is 0 Å². The van der Waals surface area contributed by atoms with Crippen molar-refractivity contribution in [2.24, 2.45) is 0 Å². The molecular weight excluding hydrogens is 403 g/mol. The molecule has 0 aromatic heterocycles. The number of benzene rings is 3. The van der Waals surface area contributed by atoms with Crippen molar-refractivity contribution in [1.82, 2.24) is 5.32 Å². The smallest absolute Gasteiger partial charge is 0.264 e. The number of halogens is 1. The summed E-state index contributed by atoms with van der Waals surface area (Å²) in [5.74, 6) is -1.19. The van der Waals surface area contributed by atoms with Crippen LogP contribution in [0, 0.1) is 5.82 Å². The second kappa shape index (κ2) is 9.54. The molecule has 0 spiro atoms. The van der Waals surface area contributed by atoms with E-state index in [1.807, 2.05) is 37.3 Å². The monoisotopic (exact) mass is 426 g/mol. The SMILES string of the molecule is C[C@H](CNC(=O)CN(c1ccccc1F)S(=O)(=O)c1ccccc1)c1ccccc1. The van der Waals surface area contributed by atoms with Crippen LogP contribution in [-0.4, -0.2) is 27.4 Å². The summed E-state index contributed by atoms with van der Waals surface area (Å²) in [5.41, 5.74) is 0.883. The lowest BCUT2D eigenvalue weighted by Gasteiger charge is -2.25. The van der Waals surface area contributed by atoms with E-state index in [2.05, 4.69) is 5.32 Å². The van der Waals surface area contributed by atoms with Gasteiger partial charge in [0.1, 0.15) is 12.4 Å². The topological polar surface area (TPSA) is 66.5 Å². The first-order chi connectivity index (χ1) is 14.4. The molecule has 0 aliphatic carbocycles. The van der Waals surface area contributed by atoms with E-state index in [-0.39, 0.29) is 16.5 Å². The zero-order valence-corrected chi connectivity index (χ0v) is 17.3. The quantitative estimate of drug-likeness (QED) is 0.593. The molecule has 3 rings (SSSR count). The minimum atomic E-state index is -4.13. The molecule has 3 aromatic carbocycles. The van der Waals surface area contributed by atoms with E-state index in [0.29, 0.717) is 6.54 Å². The van der Waals surface area contributed by atoms with Crippen LogP contribution >= 0.6 is 0 Å². The van der Waals surface area contributed by atoms with Crippen molar-refractivity contribution in [1.29, 1.82) is 0 Å². The van der Waals surface area contributed by atoms with Crippen molar-refractivity contribution in [2.75, 3.05) is 17.4 Å². The van der Waals surface area contributed by atoms with E-state index in [4.69, 9.17) is 0 Å². The third kappa shape index (κ3) is 5.04. The highest BCUT2D eigenvalue weighted by molar-refractivity contribution is 7.92. The molecular formula is C23H23FN2O3S. The molecule has 1 N–H and O–H groups in total. The number of para-hydroxylation sites is 1. The molecule has 0 unspecified atom stereocenters. The van der Waals surface area contributed by atoms with Crippen LogP contribution in [0.2, 0.25) is 0 Å². The highest BCUT2D eigenvalue weighted by Gasteiger charge is 2.29. The molecule has 1 atom stereocenters. The summed E-state index contributed by atoms with van der Waals surface area (Å²) in [6.07, 6.45) is 0. The molecule has 0 aliphatic heterocycles. The van der Waals surface area contributed by atoms with Crippen molar-refractivity contribution in [2.45, 2.75) is 17.7 Å². The molecule has 1 amide bonds. The van der Waals surface area contributed by atoms with E-state index in [1.165, 1.54) is 30.3 Å². The van der Waals surface area contributed by atoms with Gasteiger partial charge in [0.2, 0.25) is 5.91 Å². The summed E-state index contributed by atoms with van der Waals surface area (Å²) in [6, 6.07) is 22.8. The summed E-state index contributed by atoms with van der Waals surface area (Å²) in [5, 5.41) is 2.76. The molecule has 156 valence electrons. The van der Waals surface area contributed by atoms with Gasteiger partial charge in [-0.3, -0.25) is 9.10 Å². The predicted molar refractivity (Wildman–Crippen MR) is 115 cm³/mol. The zero-order valence-electron chi connectivity index (χ0n) is 16.5. The Balaban J connectivity index is 1.81. The minimum Gasteiger partial charge on any atom is -0.354 e. The van der Waals surface area contributed by atoms with Gasteiger partial charge in [0.05, 0.1) is 10.6 Å². The fraction of sp³-hybridized carbons (Fsp3) is 0.174. The fourth-order valence-corrected chi connectivity index (χ4v) is 4.48. The summed E-state index contributed by atoms with van der Waals surface area (Å²) in [6.45, 7) is 1.77. The zero-order chi connectivity index (χ0) is 21.6. The Bertz CT molecular complexity index is 1090. The summed E-state index contributed by atoms with van der Waals surface area (Å²) < 4.78 is 41.6. The summed E-state index contributed by atoms with van der Waals surface area (Å²) in [7, 11) is -4.13. The van der Waals surface area contributed by atoms with Gasteiger partial charge in [-0.05, 0) is 35.7 Å². The molecule has 0 fully saturated rings. The lowest BCUT2D eigenvalue weighted by Crippen LogP contribution is -2.42. The fourth-order valence-electron chi connectivity index (χ4n) is 3.03. The molecule has 0 heterocycles. The number of nitrogens with one attached hydrogen (secondary N) is 1. The Morgan fingerprint density at radius 1 is 0.933 bits per heavy atom. The van der Waals surface area contributed by atoms with Gasteiger partial charge < -0.3 is 5.32 Å². The largest absolute Gasteiger partial charge is 0.354 e. The van der Waals surface area contributed by atoms with Crippen molar-refractivity contribution in [3.05, 3.63) is 96.3 Å². The van der Waals surface area contributed by atoms with Crippen molar-refractivity contribution in [3.8, 4) is 0 Å². The Hall–Kier alpha value is -3.19. The molecule has 3 aromatic rings. The van der Waals surface area contributed by atoms with Crippen LogP contribution in [0.3, 0.4) is 0 Å². The van der Waals surface area contributed by atoms with Crippen LogP contribution in [0.15, 0.2) is 89.8 Å². The van der Waals surface area contributed by atoms with Crippen LogP contribution in [0.25, 0.3) is 0 Å². The van der Waals surface area contributed by atoms with Gasteiger partial charge >= 0.3 is 0 Å². The minimum absolute atomic E-state index is 0.0151. The van der Waals surface area contributed by atoms with E-state index in [0.717, 1.165) is 15.9 Å². The van der Waals surface area contributed by atoms with Crippen LogP contribution in [0.1, 0.15) is 18.4 Å². The van der Waals surface area contributed by atoms with Crippen molar-refractivity contribution < 1.29 is 17.6 Å². The maximum Gasteiger partial charge on any atom is 0.264 e. The Kier molecular flexibility index (Phi) is 6.84. The van der Waals surface area contributed by atoms with Gasteiger partial charge in [0.15, 0.2) is 0 Å². The normalized spacial score (nSPS) is 12.2. The lowest BCUT2D eigenvalue weighted by atomic mass is 10.0. The first kappa shape index (κ1) is 21.5. The average Bonchev–Trinajstić information content (AvgIpc) is 2.77. The molecule has 0 saturated heterocycles. The van der Waals surface area contributed by atoms with E-state index in [1.54, 1.807) is 18.2 Å². The first-order valence-electron chi connectivity index (χ1n) is 9.53. The number of amides is 1. The maximum atomic E-state index is 14.4. The number of hydrogen-bond acceptors (Lipinski definition) is 3. The molecule has 0 bridgehead atoms. The third-order valence-electron chi connectivity index (χ3n) is 4.71. The number of nitrogens with zero attached hydrogens (tertiary/aromatic N) is 1. The average molecular weight is 427 g/mol. The van der Waals surface area contributed by atoms with Gasteiger partial charge in [0.25, 0.3) is 10.0 Å². The highest BCUT2D eigenvalue weighted by Crippen LogP contribution is 2.26. The number of hydrogen-bond donors (Lipinski definition) is 1. The highest BCUT2D eigenvalue weighted by atomic mass is 32.2. The molecule has 30 heavy (non-hydrogen) atoms. The summed E-state index contributed by atoms with van der Waals surface area (Å²) in [4.78, 5) is 12.6. The molecule has 0 aliphatic rings. The van der Waals surface area contributed by atoms with Crippen LogP contribution in [0.5, 0.6) is 0 Å². The van der Waals surface area contributed by atoms with E-state index < -0.39 is 28.3 Å². The number of carbonyl (C=O) groups is 1. The van der Waals surface area contributed by atoms with Crippen LogP contribution in [-0.2, 0) is 14.8 Å². The van der Waals surface area contributed by atoms with Gasteiger partial charge in [-0.15, -0.1) is 0 Å². The number of carbonyl (C=O) groups excluding carboxylic acids is 1. The molecule has 0 saturated carbocycles. The molecule has 5 nitrogen and oxygen atoms in total. The van der Waals surface area contributed by atoms with Gasteiger partial charge in [-0.1, -0.05) is 67.6 Å². The lowest BCUT2D eigenvalue weighted by molar-refractivity contribution is -0.119. The van der Waals surface area contributed by atoms with Gasteiger partial charge in [0, 0.05) is 6.54 Å². The van der Waals surface area contributed by atoms with E-state index >= 15 is 0 Å². The second-order valence-corrected chi connectivity index (χ2v) is 8.75. The Morgan fingerprint density at radius 3 is 2.13 bits per heavy atom. The van der Waals surface area contributed by atoms with Crippen LogP contribution < -0.4 is 9.62 Å². The third-order valence-corrected chi connectivity index (χ3v) is 6.49. The number of anilines is 1. The maximum absolute atomic E-state index is 14.4. The predicted octanol–water partition coefficient (Wildman–Crippen LogP) is 3.94. The van der Waals surface area contributed by atoms with Gasteiger partial charge in [-0.2, -0.15) is 0 Å². The van der Waals surface area contributed by atoms with Gasteiger partial charge in [-0.25, -0.2) is 12.8 Å². The molecule has 0 radical (unpaired) electrons. The number of rotatable bonds is 8. The Morgan fingerprint density at radius 2 is 1.50 bits per heavy atom. The van der Waals surface area contributed by atoms with Crippen LogP contribution in [0.4, 0.5) is 10.1 Å². The van der Waals surface area contributed by atoms with Crippen molar-refractivity contribution >= 4 is 21.6 Å². The standard InChI is InChI=1S/C23H23FN2O3S/c1-18(19-10-4-2-5-11-19)16-25-23(27)17-26(22-15-9-8-14-21(22)24)30(28,29)20-12-6-3-7-13-20/h2-15,18H,16-17H2,1H3,(H,25,27)/t18-/m1/s1.